The lowest BCUT2D eigenvalue weighted by Gasteiger charge is -2.35. The Morgan fingerprint density at radius 2 is 1.89 bits per heavy atom. The van der Waals surface area contributed by atoms with Crippen LogP contribution in [0.1, 0.15) is 51.9 Å². The predicted molar refractivity (Wildman–Crippen MR) is 73.9 cm³/mol. The van der Waals surface area contributed by atoms with Gasteiger partial charge in [-0.25, -0.2) is 0 Å². The van der Waals surface area contributed by atoms with E-state index in [1.807, 2.05) is 0 Å². The number of carboxylic acids is 1. The van der Waals surface area contributed by atoms with Crippen molar-refractivity contribution in [2.75, 3.05) is 19.6 Å². The predicted octanol–water partition coefficient (Wildman–Crippen LogP) is 1.53. The summed E-state index contributed by atoms with van der Waals surface area (Å²) >= 11 is 0. The van der Waals surface area contributed by atoms with Crippen molar-refractivity contribution in [3.63, 3.8) is 0 Å². The second-order valence-corrected chi connectivity index (χ2v) is 5.34. The van der Waals surface area contributed by atoms with Crippen LogP contribution < -0.4 is 10.6 Å². The Hall–Kier alpha value is -1.10. The SMILES string of the molecule is CCC1(C(=O)NCCCCCC(=O)O)CCNCC1. The second-order valence-electron chi connectivity index (χ2n) is 5.34. The van der Waals surface area contributed by atoms with Crippen LogP contribution in [0.25, 0.3) is 0 Å². The summed E-state index contributed by atoms with van der Waals surface area (Å²) < 4.78 is 0. The average molecular weight is 270 g/mol. The van der Waals surface area contributed by atoms with Gasteiger partial charge >= 0.3 is 5.97 Å². The molecule has 3 N–H and O–H groups in total. The molecule has 0 bridgehead atoms. The summed E-state index contributed by atoms with van der Waals surface area (Å²) in [5, 5.41) is 14.8. The van der Waals surface area contributed by atoms with Gasteiger partial charge in [0.15, 0.2) is 0 Å². The van der Waals surface area contributed by atoms with E-state index in [2.05, 4.69) is 17.6 Å². The zero-order chi connectivity index (χ0) is 14.1. The summed E-state index contributed by atoms with van der Waals surface area (Å²) in [6.45, 7) is 4.57. The van der Waals surface area contributed by atoms with E-state index in [1.54, 1.807) is 0 Å². The molecule has 1 saturated heterocycles. The van der Waals surface area contributed by atoms with Gasteiger partial charge in [0, 0.05) is 13.0 Å². The van der Waals surface area contributed by atoms with E-state index >= 15 is 0 Å². The van der Waals surface area contributed by atoms with E-state index in [0.717, 1.165) is 45.2 Å². The average Bonchev–Trinajstić information content (AvgIpc) is 2.42. The maximum atomic E-state index is 12.3. The summed E-state index contributed by atoms with van der Waals surface area (Å²) in [5.41, 5.74) is -0.188. The summed E-state index contributed by atoms with van der Waals surface area (Å²) in [5.74, 6) is -0.571. The van der Waals surface area contributed by atoms with Gasteiger partial charge in [-0.15, -0.1) is 0 Å². The first kappa shape index (κ1) is 16.0. The van der Waals surface area contributed by atoms with E-state index in [9.17, 15) is 9.59 Å². The first-order valence-corrected chi connectivity index (χ1v) is 7.31. The number of rotatable bonds is 8. The number of piperidine rings is 1. The van der Waals surface area contributed by atoms with Gasteiger partial charge in [-0.2, -0.15) is 0 Å². The number of nitrogens with one attached hydrogen (secondary N) is 2. The molecule has 110 valence electrons. The van der Waals surface area contributed by atoms with Crippen LogP contribution in [0.3, 0.4) is 0 Å². The first-order chi connectivity index (χ1) is 9.10. The van der Waals surface area contributed by atoms with Crippen molar-refractivity contribution < 1.29 is 14.7 Å². The van der Waals surface area contributed by atoms with Crippen molar-refractivity contribution >= 4 is 11.9 Å². The third-order valence-corrected chi connectivity index (χ3v) is 4.07. The van der Waals surface area contributed by atoms with Gasteiger partial charge in [-0.1, -0.05) is 13.3 Å². The van der Waals surface area contributed by atoms with Crippen LogP contribution in [-0.4, -0.2) is 36.6 Å². The second kappa shape index (κ2) is 8.15. The van der Waals surface area contributed by atoms with E-state index in [4.69, 9.17) is 5.11 Å². The molecule has 0 spiro atoms. The number of hydrogen-bond donors (Lipinski definition) is 3. The number of hydrogen-bond acceptors (Lipinski definition) is 3. The molecular formula is C14H26N2O3. The van der Waals surface area contributed by atoms with Crippen molar-refractivity contribution in [2.24, 2.45) is 5.41 Å². The highest BCUT2D eigenvalue weighted by Gasteiger charge is 2.37. The molecule has 5 nitrogen and oxygen atoms in total. The maximum absolute atomic E-state index is 12.3. The Morgan fingerprint density at radius 1 is 1.21 bits per heavy atom. The number of carboxylic acid groups (broad SMARTS) is 1. The van der Waals surface area contributed by atoms with E-state index < -0.39 is 5.97 Å². The minimum atomic E-state index is -0.747. The number of unbranched alkanes of at least 4 members (excludes halogenated alkanes) is 2. The van der Waals surface area contributed by atoms with Crippen LogP contribution >= 0.6 is 0 Å². The van der Waals surface area contributed by atoms with Crippen molar-refractivity contribution in [1.82, 2.24) is 10.6 Å². The lowest BCUT2D eigenvalue weighted by Crippen LogP contribution is -2.47. The molecule has 0 radical (unpaired) electrons. The Morgan fingerprint density at radius 3 is 2.47 bits per heavy atom. The minimum absolute atomic E-state index is 0.176. The molecule has 1 aliphatic heterocycles. The molecule has 19 heavy (non-hydrogen) atoms. The van der Waals surface area contributed by atoms with Crippen molar-refractivity contribution in [3.8, 4) is 0 Å². The van der Waals surface area contributed by atoms with E-state index in [0.29, 0.717) is 13.0 Å². The van der Waals surface area contributed by atoms with Crippen LogP contribution in [0.15, 0.2) is 0 Å². The van der Waals surface area contributed by atoms with Crippen LogP contribution in [0.5, 0.6) is 0 Å². The normalized spacial score (nSPS) is 17.9. The molecule has 1 aliphatic rings. The fraction of sp³-hybridized carbons (Fsp3) is 0.857. The highest BCUT2D eigenvalue weighted by molar-refractivity contribution is 5.82. The van der Waals surface area contributed by atoms with Crippen LogP contribution in [0.2, 0.25) is 0 Å². The van der Waals surface area contributed by atoms with Crippen molar-refractivity contribution in [1.29, 1.82) is 0 Å². The summed E-state index contributed by atoms with van der Waals surface area (Å²) in [6, 6.07) is 0. The summed E-state index contributed by atoms with van der Waals surface area (Å²) in [6.07, 6.45) is 5.33. The van der Waals surface area contributed by atoms with Gasteiger partial charge in [-0.05, 0) is 45.2 Å². The molecule has 0 aromatic heterocycles. The molecule has 0 saturated carbocycles. The number of amides is 1. The lowest BCUT2D eigenvalue weighted by atomic mass is 9.76. The van der Waals surface area contributed by atoms with Crippen molar-refractivity contribution in [3.05, 3.63) is 0 Å². The van der Waals surface area contributed by atoms with E-state index in [1.165, 1.54) is 0 Å². The largest absolute Gasteiger partial charge is 0.481 e. The van der Waals surface area contributed by atoms with Gasteiger partial charge in [0.2, 0.25) is 5.91 Å². The van der Waals surface area contributed by atoms with Crippen molar-refractivity contribution in [2.45, 2.75) is 51.9 Å². The van der Waals surface area contributed by atoms with E-state index in [-0.39, 0.29) is 17.7 Å². The Kier molecular flexibility index (Phi) is 6.84. The van der Waals surface area contributed by atoms with Crippen LogP contribution in [0.4, 0.5) is 0 Å². The molecule has 0 atom stereocenters. The summed E-state index contributed by atoms with van der Waals surface area (Å²) in [4.78, 5) is 22.6. The molecule has 1 fully saturated rings. The highest BCUT2D eigenvalue weighted by Crippen LogP contribution is 2.32. The smallest absolute Gasteiger partial charge is 0.303 e. The van der Waals surface area contributed by atoms with Gasteiger partial charge in [0.05, 0.1) is 5.41 Å². The third kappa shape index (κ3) is 5.19. The minimum Gasteiger partial charge on any atom is -0.481 e. The zero-order valence-electron chi connectivity index (χ0n) is 11.8. The fourth-order valence-electron chi connectivity index (χ4n) is 2.61. The molecule has 1 amide bonds. The zero-order valence-corrected chi connectivity index (χ0v) is 11.8. The quantitative estimate of drug-likeness (QED) is 0.584. The summed E-state index contributed by atoms with van der Waals surface area (Å²) in [7, 11) is 0. The Bertz CT molecular complexity index is 299. The van der Waals surface area contributed by atoms with Crippen LogP contribution in [0, 0.1) is 5.41 Å². The molecule has 1 rings (SSSR count). The van der Waals surface area contributed by atoms with Gasteiger partial charge < -0.3 is 15.7 Å². The van der Waals surface area contributed by atoms with Crippen LogP contribution in [-0.2, 0) is 9.59 Å². The Balaban J connectivity index is 2.20. The molecule has 0 unspecified atom stereocenters. The topological polar surface area (TPSA) is 78.4 Å². The number of carbonyl (C=O) groups is 2. The maximum Gasteiger partial charge on any atom is 0.303 e. The van der Waals surface area contributed by atoms with Gasteiger partial charge in [0.1, 0.15) is 0 Å². The number of carbonyl (C=O) groups excluding carboxylic acids is 1. The standard InChI is InChI=1S/C14H26N2O3/c1-2-14(7-10-15-11-8-14)13(19)16-9-5-3-4-6-12(17)18/h15H,2-11H2,1H3,(H,16,19)(H,17,18). The number of aliphatic carboxylic acids is 1. The van der Waals surface area contributed by atoms with Gasteiger partial charge in [-0.3, -0.25) is 9.59 Å². The lowest BCUT2D eigenvalue weighted by molar-refractivity contribution is -0.137. The third-order valence-electron chi connectivity index (χ3n) is 4.07. The Labute approximate surface area is 115 Å². The molecule has 0 aromatic rings. The molecule has 1 heterocycles. The highest BCUT2D eigenvalue weighted by atomic mass is 16.4. The molecular weight excluding hydrogens is 244 g/mol. The first-order valence-electron chi connectivity index (χ1n) is 7.31. The molecule has 0 aliphatic carbocycles. The molecule has 0 aromatic carbocycles. The van der Waals surface area contributed by atoms with Gasteiger partial charge in [0.25, 0.3) is 0 Å². The molecule has 5 heteroatoms. The monoisotopic (exact) mass is 270 g/mol. The fourth-order valence-corrected chi connectivity index (χ4v) is 2.61.